The van der Waals surface area contributed by atoms with Gasteiger partial charge in [-0.05, 0) is 43.3 Å². The number of aromatic nitrogens is 1. The van der Waals surface area contributed by atoms with E-state index in [1.807, 2.05) is 0 Å². The molecule has 152 valence electrons. The maximum atomic E-state index is 12.8. The van der Waals surface area contributed by atoms with E-state index in [-0.39, 0.29) is 22.8 Å². The number of alkyl halides is 3. The van der Waals surface area contributed by atoms with Gasteiger partial charge in [0.05, 0.1) is 10.0 Å². The summed E-state index contributed by atoms with van der Waals surface area (Å²) in [6, 6.07) is 10.3. The van der Waals surface area contributed by atoms with Crippen molar-refractivity contribution in [3.8, 4) is 17.0 Å². The summed E-state index contributed by atoms with van der Waals surface area (Å²) in [5.74, 6) is -0.276. The molecule has 0 atom stereocenters. The van der Waals surface area contributed by atoms with Gasteiger partial charge in [-0.2, -0.15) is 13.2 Å². The lowest BCUT2D eigenvalue weighted by atomic mass is 10.1. The summed E-state index contributed by atoms with van der Waals surface area (Å²) in [6.07, 6.45) is -4.44. The summed E-state index contributed by atoms with van der Waals surface area (Å²) in [7, 11) is 0. The van der Waals surface area contributed by atoms with Gasteiger partial charge in [-0.25, -0.2) is 0 Å². The van der Waals surface area contributed by atoms with Crippen LogP contribution in [0.15, 0.2) is 47.0 Å². The molecule has 0 saturated heterocycles. The molecule has 0 radical (unpaired) electrons. The maximum Gasteiger partial charge on any atom is 0.422 e. The molecule has 0 fully saturated rings. The molecule has 1 heterocycles. The first-order valence-corrected chi connectivity index (χ1v) is 8.93. The predicted octanol–water partition coefficient (Wildman–Crippen LogP) is 6.15. The van der Waals surface area contributed by atoms with Crippen LogP contribution in [-0.2, 0) is 0 Å². The van der Waals surface area contributed by atoms with E-state index in [1.54, 1.807) is 25.1 Å². The van der Waals surface area contributed by atoms with Crippen LogP contribution in [0, 0.1) is 6.92 Å². The van der Waals surface area contributed by atoms with Crippen molar-refractivity contribution in [3.63, 3.8) is 0 Å². The van der Waals surface area contributed by atoms with Gasteiger partial charge in [0, 0.05) is 11.3 Å². The minimum Gasteiger partial charge on any atom is -0.484 e. The first-order valence-electron chi connectivity index (χ1n) is 8.17. The average molecular weight is 445 g/mol. The fourth-order valence-corrected chi connectivity index (χ4v) is 3.10. The van der Waals surface area contributed by atoms with Crippen molar-refractivity contribution in [2.45, 2.75) is 13.1 Å². The molecule has 1 N–H and O–H groups in total. The number of ether oxygens (including phenoxy) is 1. The Bertz CT molecular complexity index is 1010. The summed E-state index contributed by atoms with van der Waals surface area (Å²) in [4.78, 5) is 12.8. The largest absolute Gasteiger partial charge is 0.484 e. The van der Waals surface area contributed by atoms with Gasteiger partial charge in [-0.15, -0.1) is 0 Å². The standard InChI is InChI=1S/C19H13Cl2F3N2O3/c1-10-15(17(26-29-10)16-13(20)3-2-4-14(16)21)18(27)25-11-5-7-12(8-6-11)28-9-19(22,23)24/h2-8H,9H2,1H3,(H,25,27). The average Bonchev–Trinajstić information content (AvgIpc) is 3.01. The molecule has 0 aliphatic heterocycles. The number of amides is 1. The Hall–Kier alpha value is -2.71. The lowest BCUT2D eigenvalue weighted by molar-refractivity contribution is -0.153. The van der Waals surface area contributed by atoms with Gasteiger partial charge in [-0.1, -0.05) is 34.4 Å². The molecule has 5 nitrogen and oxygen atoms in total. The summed E-state index contributed by atoms with van der Waals surface area (Å²) < 4.78 is 46.4. The van der Waals surface area contributed by atoms with E-state index < -0.39 is 18.7 Å². The molecule has 29 heavy (non-hydrogen) atoms. The minimum atomic E-state index is -4.44. The van der Waals surface area contributed by atoms with Crippen molar-refractivity contribution in [2.24, 2.45) is 0 Å². The first kappa shape index (κ1) is 21.0. The Labute approximate surface area is 173 Å². The minimum absolute atomic E-state index is 0.0185. The molecule has 0 saturated carbocycles. The zero-order valence-corrected chi connectivity index (χ0v) is 16.3. The normalized spacial score (nSPS) is 11.4. The molecule has 1 aromatic heterocycles. The monoisotopic (exact) mass is 444 g/mol. The van der Waals surface area contributed by atoms with Gasteiger partial charge in [0.2, 0.25) is 0 Å². The number of anilines is 1. The second-order valence-corrected chi connectivity index (χ2v) is 6.76. The highest BCUT2D eigenvalue weighted by atomic mass is 35.5. The quantitative estimate of drug-likeness (QED) is 0.512. The van der Waals surface area contributed by atoms with E-state index in [0.29, 0.717) is 21.3 Å². The Balaban J connectivity index is 1.81. The maximum absolute atomic E-state index is 12.8. The van der Waals surface area contributed by atoms with Crippen molar-refractivity contribution < 1.29 is 27.2 Å². The van der Waals surface area contributed by atoms with E-state index in [2.05, 4.69) is 15.2 Å². The Kier molecular flexibility index (Phi) is 6.04. The molecule has 0 aliphatic carbocycles. The Morgan fingerprint density at radius 3 is 2.34 bits per heavy atom. The number of hydrogen-bond acceptors (Lipinski definition) is 4. The molecule has 0 spiro atoms. The van der Waals surface area contributed by atoms with Crippen molar-refractivity contribution in [1.82, 2.24) is 5.16 Å². The summed E-state index contributed by atoms with van der Waals surface area (Å²) in [6.45, 7) is 0.158. The number of halogens is 5. The fourth-order valence-electron chi connectivity index (χ4n) is 2.53. The van der Waals surface area contributed by atoms with Crippen LogP contribution in [0.25, 0.3) is 11.3 Å². The zero-order chi connectivity index (χ0) is 21.2. The molecule has 2 aromatic carbocycles. The number of carbonyl (C=O) groups is 1. The summed E-state index contributed by atoms with van der Waals surface area (Å²) in [5.41, 5.74) is 1.01. The van der Waals surface area contributed by atoms with Gasteiger partial charge in [-0.3, -0.25) is 4.79 Å². The lowest BCUT2D eigenvalue weighted by Gasteiger charge is -2.10. The van der Waals surface area contributed by atoms with E-state index >= 15 is 0 Å². The van der Waals surface area contributed by atoms with Crippen LogP contribution in [-0.4, -0.2) is 23.8 Å². The van der Waals surface area contributed by atoms with Crippen LogP contribution < -0.4 is 10.1 Å². The number of rotatable bonds is 5. The second-order valence-electron chi connectivity index (χ2n) is 5.94. The third-order valence-corrected chi connectivity index (χ3v) is 4.43. The van der Waals surface area contributed by atoms with E-state index in [0.717, 1.165) is 0 Å². The highest BCUT2D eigenvalue weighted by molar-refractivity contribution is 6.39. The van der Waals surface area contributed by atoms with E-state index in [1.165, 1.54) is 24.3 Å². The van der Waals surface area contributed by atoms with Gasteiger partial charge >= 0.3 is 6.18 Å². The van der Waals surface area contributed by atoms with Crippen molar-refractivity contribution in [1.29, 1.82) is 0 Å². The third-order valence-electron chi connectivity index (χ3n) is 3.80. The highest BCUT2D eigenvalue weighted by Gasteiger charge is 2.28. The van der Waals surface area contributed by atoms with E-state index in [4.69, 9.17) is 27.7 Å². The zero-order valence-electron chi connectivity index (χ0n) is 14.8. The molecule has 10 heteroatoms. The molecule has 0 bridgehead atoms. The Morgan fingerprint density at radius 1 is 1.14 bits per heavy atom. The molecule has 3 rings (SSSR count). The fraction of sp³-hybridized carbons (Fsp3) is 0.158. The molecular formula is C19H13Cl2F3N2O3. The van der Waals surface area contributed by atoms with Gasteiger partial charge in [0.15, 0.2) is 6.61 Å². The summed E-state index contributed by atoms with van der Waals surface area (Å²) >= 11 is 12.4. The molecular weight excluding hydrogens is 432 g/mol. The molecule has 0 unspecified atom stereocenters. The van der Waals surface area contributed by atoms with Crippen LogP contribution in [0.4, 0.5) is 18.9 Å². The number of nitrogens with one attached hydrogen (secondary N) is 1. The SMILES string of the molecule is Cc1onc(-c2c(Cl)cccc2Cl)c1C(=O)Nc1ccc(OCC(F)(F)F)cc1. The summed E-state index contributed by atoms with van der Waals surface area (Å²) in [5, 5.41) is 7.13. The van der Waals surface area contributed by atoms with E-state index in [9.17, 15) is 18.0 Å². The van der Waals surface area contributed by atoms with Crippen LogP contribution in [0.5, 0.6) is 5.75 Å². The smallest absolute Gasteiger partial charge is 0.422 e. The van der Waals surface area contributed by atoms with Gasteiger partial charge in [0.1, 0.15) is 22.8 Å². The van der Waals surface area contributed by atoms with Crippen LogP contribution >= 0.6 is 23.2 Å². The molecule has 0 aliphatic rings. The number of benzene rings is 2. The number of hydrogen-bond donors (Lipinski definition) is 1. The molecule has 3 aromatic rings. The third kappa shape index (κ3) is 5.02. The Morgan fingerprint density at radius 2 is 1.76 bits per heavy atom. The number of carbonyl (C=O) groups excluding carboxylic acids is 1. The van der Waals surface area contributed by atoms with Gasteiger partial charge < -0.3 is 14.6 Å². The van der Waals surface area contributed by atoms with Crippen LogP contribution in [0.3, 0.4) is 0 Å². The molecule has 1 amide bonds. The second kappa shape index (κ2) is 8.34. The van der Waals surface area contributed by atoms with Crippen LogP contribution in [0.1, 0.15) is 16.1 Å². The first-order chi connectivity index (χ1) is 13.7. The van der Waals surface area contributed by atoms with Crippen molar-refractivity contribution in [3.05, 3.63) is 63.8 Å². The predicted molar refractivity (Wildman–Crippen MR) is 103 cm³/mol. The number of aryl methyl sites for hydroxylation is 1. The van der Waals surface area contributed by atoms with Crippen molar-refractivity contribution >= 4 is 34.8 Å². The topological polar surface area (TPSA) is 64.4 Å². The van der Waals surface area contributed by atoms with Crippen molar-refractivity contribution in [2.75, 3.05) is 11.9 Å². The van der Waals surface area contributed by atoms with Gasteiger partial charge in [0.25, 0.3) is 5.91 Å². The van der Waals surface area contributed by atoms with Crippen LogP contribution in [0.2, 0.25) is 10.0 Å². The highest BCUT2D eigenvalue weighted by Crippen LogP contribution is 2.37. The number of nitrogens with zero attached hydrogens (tertiary/aromatic N) is 1. The lowest BCUT2D eigenvalue weighted by Crippen LogP contribution is -2.19.